The maximum atomic E-state index is 10.5. The van der Waals surface area contributed by atoms with Crippen LogP contribution in [-0.4, -0.2) is 20.1 Å². The molecule has 0 atom stereocenters. The molecule has 0 aliphatic heterocycles. The van der Waals surface area contributed by atoms with Gasteiger partial charge in [0.15, 0.2) is 0 Å². The largest absolute Gasteiger partial charge is 0.507 e. The van der Waals surface area contributed by atoms with Crippen LogP contribution in [0, 0.1) is 6.07 Å². The Kier molecular flexibility index (Phi) is 8.40. The molecule has 0 spiro atoms. The summed E-state index contributed by atoms with van der Waals surface area (Å²) >= 11 is 0. The molecule has 7 aromatic rings. The maximum absolute atomic E-state index is 10.5. The summed E-state index contributed by atoms with van der Waals surface area (Å²) in [6, 6.07) is 31.9. The second-order valence-electron chi connectivity index (χ2n) is 13.9. The number of benzene rings is 4. The minimum atomic E-state index is -0.141. The Bertz CT molecular complexity index is 2240. The molecular formula is C41H36N3O2Pt-. The van der Waals surface area contributed by atoms with Crippen LogP contribution >= 0.6 is 0 Å². The van der Waals surface area contributed by atoms with Crippen LogP contribution in [0.25, 0.3) is 66.8 Å². The van der Waals surface area contributed by atoms with Crippen molar-refractivity contribution < 1.29 is 30.6 Å². The van der Waals surface area contributed by atoms with Crippen LogP contribution in [0.3, 0.4) is 0 Å². The first kappa shape index (κ1) is 32.3. The molecule has 0 fully saturated rings. The minimum absolute atomic E-state index is 0. The number of nitrogens with zero attached hydrogens (tertiary/aromatic N) is 3. The van der Waals surface area contributed by atoms with Crippen molar-refractivity contribution in [3.63, 3.8) is 0 Å². The Balaban J connectivity index is 0.00000386. The molecule has 0 amide bonds. The van der Waals surface area contributed by atoms with Crippen LogP contribution in [0.5, 0.6) is 5.75 Å². The van der Waals surface area contributed by atoms with Gasteiger partial charge in [0.25, 0.3) is 0 Å². The van der Waals surface area contributed by atoms with E-state index in [9.17, 15) is 5.11 Å². The molecule has 0 saturated heterocycles. The molecule has 0 saturated carbocycles. The quantitative estimate of drug-likeness (QED) is 0.180. The monoisotopic (exact) mass is 797 g/mol. The number of hydrogen-bond acceptors (Lipinski definition) is 5. The fourth-order valence-corrected chi connectivity index (χ4v) is 6.04. The zero-order chi connectivity index (χ0) is 32.2. The predicted octanol–water partition coefficient (Wildman–Crippen LogP) is 10.5. The van der Waals surface area contributed by atoms with Crippen molar-refractivity contribution in [2.24, 2.45) is 0 Å². The number of oxazole rings is 1. The summed E-state index contributed by atoms with van der Waals surface area (Å²) in [4.78, 5) is 14.3. The van der Waals surface area contributed by atoms with E-state index >= 15 is 0 Å². The van der Waals surface area contributed by atoms with E-state index < -0.39 is 0 Å². The standard InChI is InChI=1S/C41H36N3O2.Pt/c1-40(2,3)29-20-27(30-13-9-15-36-38(30)44-39(46-36)31-12-7-8-14-35(31)45)19-28(21-29)32-22-26(25-11-10-17-42-24-25)23-33-34(41(4,5)6)16-18-43-37(32)33;/h7-18,20-24,45H,1-6H3;/q-1;. The molecule has 4 aromatic carbocycles. The Hall–Kier alpha value is -4.60. The first-order valence-electron chi connectivity index (χ1n) is 15.6. The van der Waals surface area contributed by atoms with Gasteiger partial charge in [0.1, 0.15) is 11.3 Å². The van der Waals surface area contributed by atoms with Gasteiger partial charge in [-0.3, -0.25) is 9.97 Å². The molecule has 0 radical (unpaired) electrons. The van der Waals surface area contributed by atoms with Gasteiger partial charge in [-0.15, -0.1) is 34.9 Å². The molecule has 3 aromatic heterocycles. The topological polar surface area (TPSA) is 72.0 Å². The minimum Gasteiger partial charge on any atom is -0.507 e. The van der Waals surface area contributed by atoms with Gasteiger partial charge in [-0.25, -0.2) is 4.98 Å². The van der Waals surface area contributed by atoms with E-state index in [1.54, 1.807) is 18.3 Å². The molecule has 47 heavy (non-hydrogen) atoms. The molecule has 238 valence electrons. The van der Waals surface area contributed by atoms with Gasteiger partial charge in [0.2, 0.25) is 5.89 Å². The molecule has 0 bridgehead atoms. The number of hydrogen-bond donors (Lipinski definition) is 1. The summed E-state index contributed by atoms with van der Waals surface area (Å²) < 4.78 is 6.18. The third-order valence-corrected chi connectivity index (χ3v) is 8.52. The Morgan fingerprint density at radius 1 is 0.681 bits per heavy atom. The summed E-state index contributed by atoms with van der Waals surface area (Å²) in [6.45, 7) is 13.4. The van der Waals surface area contributed by atoms with Crippen LogP contribution in [0.15, 0.2) is 108 Å². The summed E-state index contributed by atoms with van der Waals surface area (Å²) in [5.41, 5.74) is 11.0. The maximum Gasteiger partial charge on any atom is 0.230 e. The van der Waals surface area contributed by atoms with Gasteiger partial charge < -0.3 is 9.52 Å². The molecule has 6 heteroatoms. The second kappa shape index (κ2) is 12.2. The van der Waals surface area contributed by atoms with Crippen molar-refractivity contribution in [3.8, 4) is 50.6 Å². The van der Waals surface area contributed by atoms with Crippen molar-refractivity contribution in [1.82, 2.24) is 15.0 Å². The van der Waals surface area contributed by atoms with Crippen molar-refractivity contribution in [2.45, 2.75) is 52.4 Å². The molecule has 0 aliphatic rings. The predicted molar refractivity (Wildman–Crippen MR) is 187 cm³/mol. The smallest absolute Gasteiger partial charge is 0.230 e. The van der Waals surface area contributed by atoms with Gasteiger partial charge in [-0.05, 0) is 69.3 Å². The van der Waals surface area contributed by atoms with Gasteiger partial charge in [0, 0.05) is 45.2 Å². The summed E-state index contributed by atoms with van der Waals surface area (Å²) in [7, 11) is 0. The van der Waals surface area contributed by atoms with E-state index in [0.717, 1.165) is 49.8 Å². The SMILES string of the molecule is CC(C)(C)c1cc(-c2cccc3oc(-c4ccccc4O)nc23)[c-]c(-c2cc(-c3cccnc3)cc3c(C(C)(C)C)ccnc23)c1.[Pt]. The van der Waals surface area contributed by atoms with E-state index in [0.29, 0.717) is 17.0 Å². The number of pyridine rings is 2. The van der Waals surface area contributed by atoms with Crippen molar-refractivity contribution in [3.05, 3.63) is 121 Å². The van der Waals surface area contributed by atoms with Crippen molar-refractivity contribution in [2.75, 3.05) is 0 Å². The number of phenolic OH excluding ortho intramolecular Hbond substituents is 1. The summed E-state index contributed by atoms with van der Waals surface area (Å²) in [5, 5.41) is 11.6. The number of para-hydroxylation sites is 2. The number of fused-ring (bicyclic) bond motifs is 2. The second-order valence-corrected chi connectivity index (χ2v) is 13.9. The fourth-order valence-electron chi connectivity index (χ4n) is 6.04. The zero-order valence-corrected chi connectivity index (χ0v) is 29.6. The molecule has 1 N–H and O–H groups in total. The van der Waals surface area contributed by atoms with E-state index in [1.807, 2.05) is 42.7 Å². The zero-order valence-electron chi connectivity index (χ0n) is 27.3. The average Bonchev–Trinajstić information content (AvgIpc) is 3.48. The van der Waals surface area contributed by atoms with E-state index in [1.165, 1.54) is 11.1 Å². The van der Waals surface area contributed by atoms with Gasteiger partial charge in [-0.2, -0.15) is 0 Å². The van der Waals surface area contributed by atoms with Crippen LogP contribution in [-0.2, 0) is 31.9 Å². The van der Waals surface area contributed by atoms with Crippen molar-refractivity contribution >= 4 is 22.0 Å². The molecule has 5 nitrogen and oxygen atoms in total. The summed E-state index contributed by atoms with van der Waals surface area (Å²) in [5.74, 6) is 0.503. The first-order chi connectivity index (χ1) is 22.0. The number of aromatic nitrogens is 3. The van der Waals surface area contributed by atoms with Crippen LogP contribution in [0.1, 0.15) is 52.7 Å². The molecule has 7 rings (SSSR count). The number of aromatic hydroxyl groups is 1. The van der Waals surface area contributed by atoms with Gasteiger partial charge in [0.05, 0.1) is 11.1 Å². The Morgan fingerprint density at radius 3 is 2.13 bits per heavy atom. The fraction of sp³-hybridized carbons (Fsp3) is 0.195. The molecular weight excluding hydrogens is 762 g/mol. The van der Waals surface area contributed by atoms with Crippen LogP contribution in [0.2, 0.25) is 0 Å². The van der Waals surface area contributed by atoms with Crippen molar-refractivity contribution in [1.29, 1.82) is 0 Å². The van der Waals surface area contributed by atoms with Gasteiger partial charge in [-0.1, -0.05) is 89.1 Å². The molecule has 0 aliphatic carbocycles. The third kappa shape index (κ3) is 6.13. The average molecular weight is 798 g/mol. The molecule has 3 heterocycles. The van der Waals surface area contributed by atoms with E-state index in [-0.39, 0.29) is 37.6 Å². The Morgan fingerprint density at radius 2 is 1.43 bits per heavy atom. The van der Waals surface area contributed by atoms with Crippen LogP contribution < -0.4 is 0 Å². The summed E-state index contributed by atoms with van der Waals surface area (Å²) in [6.07, 6.45) is 5.63. The first-order valence-corrected chi connectivity index (χ1v) is 15.6. The van der Waals surface area contributed by atoms with E-state index in [4.69, 9.17) is 14.4 Å². The molecule has 0 unspecified atom stereocenters. The Labute approximate surface area is 290 Å². The van der Waals surface area contributed by atoms with Crippen LogP contribution in [0.4, 0.5) is 0 Å². The normalized spacial score (nSPS) is 12.0. The van der Waals surface area contributed by atoms with E-state index in [2.05, 4.69) is 95.1 Å². The number of rotatable bonds is 4. The van der Waals surface area contributed by atoms with Gasteiger partial charge >= 0.3 is 0 Å². The third-order valence-electron chi connectivity index (χ3n) is 8.52. The number of phenols is 1.